The Bertz CT molecular complexity index is 680. The van der Waals surface area contributed by atoms with Crippen molar-refractivity contribution in [2.24, 2.45) is 0 Å². The minimum Gasteiger partial charge on any atom is -0.296 e. The van der Waals surface area contributed by atoms with E-state index in [0.717, 1.165) is 30.6 Å². The highest BCUT2D eigenvalue weighted by molar-refractivity contribution is 5.57. The summed E-state index contributed by atoms with van der Waals surface area (Å²) in [5, 5.41) is 18.1. The number of non-ortho nitro benzene ring substituents is 1. The average Bonchev–Trinajstić information content (AvgIpc) is 2.68. The zero-order valence-electron chi connectivity index (χ0n) is 16.4. The van der Waals surface area contributed by atoms with Crippen LogP contribution in [0.1, 0.15) is 51.5 Å². The quantitative estimate of drug-likeness (QED) is 0.250. The highest BCUT2D eigenvalue weighted by Crippen LogP contribution is 2.21. The summed E-state index contributed by atoms with van der Waals surface area (Å²) in [5.74, 6) is 0. The lowest BCUT2D eigenvalue weighted by atomic mass is 9.95. The summed E-state index contributed by atoms with van der Waals surface area (Å²) in [5.41, 5.74) is 2.06. The standard InChI is InChI=1S/C22H31N3O2/c1-3-5-17-23-22(24-18-6-4-2)15-13-20(14-16-22)8-7-19-9-11-21(12-10-19)25(26)27/h7-15,23-24H,3-6,16-18H2,1-2H3/b8-7+. The van der Waals surface area contributed by atoms with Crippen LogP contribution in [0.3, 0.4) is 0 Å². The third-order valence-electron chi connectivity index (χ3n) is 4.73. The van der Waals surface area contributed by atoms with E-state index >= 15 is 0 Å². The van der Waals surface area contributed by atoms with Crippen LogP contribution in [0.25, 0.3) is 6.08 Å². The molecular formula is C22H31N3O2. The number of hydrogen-bond acceptors (Lipinski definition) is 4. The van der Waals surface area contributed by atoms with Gasteiger partial charge in [-0.25, -0.2) is 0 Å². The lowest BCUT2D eigenvalue weighted by Gasteiger charge is -2.35. The first-order chi connectivity index (χ1) is 13.1. The predicted octanol–water partition coefficient (Wildman–Crippen LogP) is 4.97. The van der Waals surface area contributed by atoms with Crippen molar-refractivity contribution >= 4 is 11.8 Å². The number of benzene rings is 1. The molecule has 5 nitrogen and oxygen atoms in total. The van der Waals surface area contributed by atoms with Gasteiger partial charge in [0, 0.05) is 18.6 Å². The molecule has 0 aromatic heterocycles. The second-order valence-electron chi connectivity index (χ2n) is 6.96. The van der Waals surface area contributed by atoms with Gasteiger partial charge in [-0.15, -0.1) is 0 Å². The smallest absolute Gasteiger partial charge is 0.269 e. The van der Waals surface area contributed by atoms with Gasteiger partial charge in [0.2, 0.25) is 0 Å². The maximum absolute atomic E-state index is 10.7. The van der Waals surface area contributed by atoms with Crippen molar-refractivity contribution in [2.75, 3.05) is 13.1 Å². The summed E-state index contributed by atoms with van der Waals surface area (Å²) >= 11 is 0. The largest absolute Gasteiger partial charge is 0.296 e. The number of nitrogens with one attached hydrogen (secondary N) is 2. The van der Waals surface area contributed by atoms with Crippen molar-refractivity contribution in [3.8, 4) is 0 Å². The number of nitrogens with zero attached hydrogens (tertiary/aromatic N) is 1. The van der Waals surface area contributed by atoms with E-state index in [9.17, 15) is 10.1 Å². The monoisotopic (exact) mass is 369 g/mol. The highest BCUT2D eigenvalue weighted by atomic mass is 16.6. The van der Waals surface area contributed by atoms with Gasteiger partial charge >= 0.3 is 0 Å². The fraction of sp³-hybridized carbons (Fsp3) is 0.455. The fourth-order valence-corrected chi connectivity index (χ4v) is 2.98. The van der Waals surface area contributed by atoms with Crippen LogP contribution in [0.5, 0.6) is 0 Å². The molecule has 0 bridgehead atoms. The van der Waals surface area contributed by atoms with Gasteiger partial charge in [-0.3, -0.25) is 20.7 Å². The molecule has 0 spiro atoms. The first-order valence-electron chi connectivity index (χ1n) is 9.90. The molecule has 5 heteroatoms. The number of rotatable bonds is 11. The molecular weight excluding hydrogens is 338 g/mol. The SMILES string of the molecule is CCCCNC1(NCCCC)C=CC(/C=C/c2ccc([N+](=O)[O-])cc2)=CC1. The van der Waals surface area contributed by atoms with Gasteiger partial charge < -0.3 is 0 Å². The molecule has 1 aromatic rings. The molecule has 0 unspecified atom stereocenters. The molecule has 1 aromatic carbocycles. The molecule has 0 fully saturated rings. The molecule has 27 heavy (non-hydrogen) atoms. The van der Waals surface area contributed by atoms with E-state index in [2.05, 4.69) is 48.8 Å². The summed E-state index contributed by atoms with van der Waals surface area (Å²) in [4.78, 5) is 10.3. The number of hydrogen-bond donors (Lipinski definition) is 2. The van der Waals surface area contributed by atoms with Crippen LogP contribution in [-0.2, 0) is 0 Å². The van der Waals surface area contributed by atoms with Crippen LogP contribution >= 0.6 is 0 Å². The van der Waals surface area contributed by atoms with Gasteiger partial charge in [-0.05, 0) is 55.3 Å². The Balaban J connectivity index is 1.99. The van der Waals surface area contributed by atoms with Crippen molar-refractivity contribution in [3.05, 3.63) is 69.8 Å². The summed E-state index contributed by atoms with van der Waals surface area (Å²) < 4.78 is 0. The zero-order chi connectivity index (χ0) is 19.5. The Morgan fingerprint density at radius 1 is 1.07 bits per heavy atom. The first kappa shape index (κ1) is 21.1. The fourth-order valence-electron chi connectivity index (χ4n) is 2.98. The van der Waals surface area contributed by atoms with E-state index in [-0.39, 0.29) is 16.3 Å². The summed E-state index contributed by atoms with van der Waals surface area (Å²) in [6.45, 7) is 6.41. The Hall–Kier alpha value is -2.24. The third-order valence-corrected chi connectivity index (χ3v) is 4.73. The molecule has 0 heterocycles. The summed E-state index contributed by atoms with van der Waals surface area (Å²) in [7, 11) is 0. The lowest BCUT2D eigenvalue weighted by Crippen LogP contribution is -2.56. The van der Waals surface area contributed by atoms with Gasteiger partial charge in [-0.1, -0.05) is 51.0 Å². The van der Waals surface area contributed by atoms with Crippen LogP contribution in [0.15, 0.2) is 54.1 Å². The molecule has 0 atom stereocenters. The van der Waals surface area contributed by atoms with E-state index in [0.29, 0.717) is 0 Å². The second-order valence-corrected chi connectivity index (χ2v) is 6.96. The molecule has 0 saturated carbocycles. The predicted molar refractivity (Wildman–Crippen MR) is 113 cm³/mol. The van der Waals surface area contributed by atoms with Gasteiger partial charge in [0.25, 0.3) is 5.69 Å². The second kappa shape index (κ2) is 10.8. The van der Waals surface area contributed by atoms with Crippen molar-refractivity contribution in [3.63, 3.8) is 0 Å². The van der Waals surface area contributed by atoms with Crippen LogP contribution in [-0.4, -0.2) is 23.7 Å². The normalized spacial score (nSPS) is 15.9. The maximum atomic E-state index is 10.7. The van der Waals surface area contributed by atoms with Crippen LogP contribution in [0, 0.1) is 10.1 Å². The minimum absolute atomic E-state index is 0.116. The van der Waals surface area contributed by atoms with E-state index in [4.69, 9.17) is 0 Å². The average molecular weight is 370 g/mol. The Labute approximate surface area is 162 Å². The van der Waals surface area contributed by atoms with E-state index in [1.165, 1.54) is 37.8 Å². The van der Waals surface area contributed by atoms with Gasteiger partial charge in [0.05, 0.1) is 10.6 Å². The van der Waals surface area contributed by atoms with Crippen molar-refractivity contribution in [2.45, 2.75) is 51.6 Å². The van der Waals surface area contributed by atoms with Crippen LogP contribution in [0.4, 0.5) is 5.69 Å². The van der Waals surface area contributed by atoms with E-state index < -0.39 is 0 Å². The molecule has 2 N–H and O–H groups in total. The molecule has 146 valence electrons. The lowest BCUT2D eigenvalue weighted by molar-refractivity contribution is -0.384. The van der Waals surface area contributed by atoms with Gasteiger partial charge in [0.15, 0.2) is 0 Å². The summed E-state index contributed by atoms with van der Waals surface area (Å²) in [6.07, 6.45) is 16.3. The molecule has 0 saturated heterocycles. The maximum Gasteiger partial charge on any atom is 0.269 e. The summed E-state index contributed by atoms with van der Waals surface area (Å²) in [6, 6.07) is 6.60. The minimum atomic E-state index is -0.378. The highest BCUT2D eigenvalue weighted by Gasteiger charge is 2.26. The van der Waals surface area contributed by atoms with E-state index in [1.54, 1.807) is 12.1 Å². The third kappa shape index (κ3) is 6.77. The van der Waals surface area contributed by atoms with Gasteiger partial charge in [-0.2, -0.15) is 0 Å². The Morgan fingerprint density at radius 3 is 2.19 bits per heavy atom. The molecule has 0 radical (unpaired) electrons. The van der Waals surface area contributed by atoms with Crippen molar-refractivity contribution < 1.29 is 4.92 Å². The zero-order valence-corrected chi connectivity index (χ0v) is 16.4. The number of allylic oxidation sites excluding steroid dienone is 3. The van der Waals surface area contributed by atoms with Gasteiger partial charge in [0.1, 0.15) is 0 Å². The number of nitro groups is 1. The Kier molecular flexibility index (Phi) is 8.43. The topological polar surface area (TPSA) is 67.2 Å². The Morgan fingerprint density at radius 2 is 1.70 bits per heavy atom. The van der Waals surface area contributed by atoms with Crippen molar-refractivity contribution in [1.82, 2.24) is 10.6 Å². The van der Waals surface area contributed by atoms with Crippen LogP contribution in [0.2, 0.25) is 0 Å². The van der Waals surface area contributed by atoms with E-state index in [1.807, 2.05) is 6.08 Å². The number of nitro benzene ring substituents is 1. The number of unbranched alkanes of at least 4 members (excludes halogenated alkanes) is 2. The first-order valence-corrected chi connectivity index (χ1v) is 9.90. The molecule has 1 aliphatic rings. The van der Waals surface area contributed by atoms with Crippen LogP contribution < -0.4 is 10.6 Å². The molecule has 0 amide bonds. The van der Waals surface area contributed by atoms with Crippen molar-refractivity contribution in [1.29, 1.82) is 0 Å². The molecule has 2 rings (SSSR count). The molecule has 1 aliphatic carbocycles. The molecule has 0 aliphatic heterocycles.